The quantitative estimate of drug-likeness (QED) is 0.489. The number of nitrogens with two attached hydrogens (primary N) is 1. The van der Waals surface area contributed by atoms with Crippen LogP contribution in [0.15, 0.2) is 12.2 Å². The lowest BCUT2D eigenvalue weighted by Crippen LogP contribution is -2.46. The number of carbonyl (C=O) groups excluding carboxylic acids is 3. The van der Waals surface area contributed by atoms with Crippen LogP contribution in [0, 0.1) is 40.4 Å². The van der Waals surface area contributed by atoms with Gasteiger partial charge in [0, 0.05) is 6.42 Å². The van der Waals surface area contributed by atoms with Gasteiger partial charge in [0.05, 0.1) is 23.0 Å². The number of hydrogen-bond donors (Lipinski definition) is 2. The maximum Gasteiger partial charge on any atom is 0.288 e. The van der Waals surface area contributed by atoms with Crippen LogP contribution in [-0.4, -0.2) is 31.8 Å². The fourth-order valence-corrected chi connectivity index (χ4v) is 7.73. The van der Waals surface area contributed by atoms with Crippen molar-refractivity contribution in [2.75, 3.05) is 5.75 Å². The molecule has 3 N–H and O–H groups in total. The Kier molecular flexibility index (Phi) is 4.28. The normalized spacial score (nSPS) is 40.2. The Labute approximate surface area is 164 Å². The predicted octanol–water partition coefficient (Wildman–Crippen LogP) is 0.683. The molecule has 0 saturated heterocycles. The van der Waals surface area contributed by atoms with Gasteiger partial charge in [-0.25, -0.2) is 5.48 Å². The second-order valence-electron chi connectivity index (χ2n) is 9.32. The zero-order chi connectivity index (χ0) is 20.5. The molecule has 0 spiro atoms. The first-order chi connectivity index (χ1) is 13.0. The first-order valence-electron chi connectivity index (χ1n) is 9.70. The van der Waals surface area contributed by atoms with Gasteiger partial charge in [-0.1, -0.05) is 26.0 Å². The van der Waals surface area contributed by atoms with E-state index < -0.39 is 50.4 Å². The van der Waals surface area contributed by atoms with Crippen LogP contribution in [0.2, 0.25) is 0 Å². The van der Waals surface area contributed by atoms with E-state index >= 15 is 0 Å². The minimum absolute atomic E-state index is 0.0423. The molecular formula is C19H26N2O6S. The van der Waals surface area contributed by atoms with Crippen LogP contribution in [0.25, 0.3) is 0 Å². The Morgan fingerprint density at radius 1 is 1.25 bits per heavy atom. The maximum absolute atomic E-state index is 12.6. The Balaban J connectivity index is 1.45. The summed E-state index contributed by atoms with van der Waals surface area (Å²) in [4.78, 5) is 36.9. The van der Waals surface area contributed by atoms with Crippen LogP contribution < -0.4 is 11.2 Å². The van der Waals surface area contributed by atoms with Gasteiger partial charge in [0.25, 0.3) is 10.1 Å². The molecule has 6 atom stereocenters. The fraction of sp³-hybridized carbons (Fsp3) is 0.737. The second-order valence-corrected chi connectivity index (χ2v) is 10.9. The van der Waals surface area contributed by atoms with Gasteiger partial charge in [0.15, 0.2) is 0 Å². The summed E-state index contributed by atoms with van der Waals surface area (Å²) in [6, 6.07) is 0. The van der Waals surface area contributed by atoms with Crippen LogP contribution in [0.3, 0.4) is 0 Å². The Morgan fingerprint density at radius 3 is 2.43 bits per heavy atom. The van der Waals surface area contributed by atoms with Gasteiger partial charge in [-0.2, -0.15) is 8.42 Å². The summed E-state index contributed by atoms with van der Waals surface area (Å²) < 4.78 is 30.0. The van der Waals surface area contributed by atoms with Gasteiger partial charge in [-0.3, -0.25) is 14.4 Å². The lowest BCUT2D eigenvalue weighted by atomic mass is 9.70. The molecule has 4 bridgehead atoms. The highest BCUT2D eigenvalue weighted by molar-refractivity contribution is 7.86. The number of hydrogen-bond acceptors (Lipinski definition) is 6. The molecule has 154 valence electrons. The zero-order valence-electron chi connectivity index (χ0n) is 16.0. The third kappa shape index (κ3) is 2.66. The minimum Gasteiger partial charge on any atom is -0.369 e. The van der Waals surface area contributed by atoms with Gasteiger partial charge in [0.1, 0.15) is 5.78 Å². The summed E-state index contributed by atoms with van der Waals surface area (Å²) in [5.41, 5.74) is 6.08. The summed E-state index contributed by atoms with van der Waals surface area (Å²) >= 11 is 0. The molecule has 4 aliphatic carbocycles. The molecule has 6 unspecified atom stereocenters. The van der Waals surface area contributed by atoms with E-state index in [0.29, 0.717) is 19.3 Å². The number of hydroxylamine groups is 1. The maximum atomic E-state index is 12.6. The van der Waals surface area contributed by atoms with Gasteiger partial charge in [0.2, 0.25) is 11.8 Å². The molecule has 0 radical (unpaired) electrons. The van der Waals surface area contributed by atoms with E-state index in [0.717, 1.165) is 6.42 Å². The highest BCUT2D eigenvalue weighted by Gasteiger charge is 2.65. The highest BCUT2D eigenvalue weighted by Crippen LogP contribution is 2.64. The summed E-state index contributed by atoms with van der Waals surface area (Å²) in [6.07, 6.45) is 6.11. The molecule has 28 heavy (non-hydrogen) atoms. The van der Waals surface area contributed by atoms with Crippen LogP contribution >= 0.6 is 0 Å². The van der Waals surface area contributed by atoms with E-state index in [-0.39, 0.29) is 23.5 Å². The van der Waals surface area contributed by atoms with Crippen molar-refractivity contribution in [1.82, 2.24) is 5.48 Å². The third-order valence-electron chi connectivity index (χ3n) is 7.92. The van der Waals surface area contributed by atoms with Crippen molar-refractivity contribution < 1.29 is 27.1 Å². The topological polar surface area (TPSA) is 133 Å². The summed E-state index contributed by atoms with van der Waals surface area (Å²) in [7, 11) is -4.18. The van der Waals surface area contributed by atoms with Crippen molar-refractivity contribution >= 4 is 27.7 Å². The molecule has 0 aliphatic heterocycles. The monoisotopic (exact) mass is 410 g/mol. The van der Waals surface area contributed by atoms with Gasteiger partial charge in [-0.05, 0) is 42.4 Å². The fourth-order valence-electron chi connectivity index (χ4n) is 6.18. The molecular weight excluding hydrogens is 384 g/mol. The van der Waals surface area contributed by atoms with Crippen molar-refractivity contribution in [3.05, 3.63) is 12.2 Å². The molecule has 0 aromatic rings. The van der Waals surface area contributed by atoms with E-state index in [1.165, 1.54) is 0 Å². The van der Waals surface area contributed by atoms with Gasteiger partial charge < -0.3 is 5.73 Å². The number of fused-ring (bicyclic) bond motifs is 4. The van der Waals surface area contributed by atoms with Crippen molar-refractivity contribution in [2.45, 2.75) is 39.5 Å². The number of carbonyl (C=O) groups is 3. The molecule has 3 saturated carbocycles. The highest BCUT2D eigenvalue weighted by atomic mass is 32.2. The number of allylic oxidation sites excluding steroid dienone is 2. The van der Waals surface area contributed by atoms with E-state index in [2.05, 4.69) is 0 Å². The summed E-state index contributed by atoms with van der Waals surface area (Å²) in [5.74, 6) is -3.19. The first-order valence-corrected chi connectivity index (χ1v) is 11.3. The van der Waals surface area contributed by atoms with E-state index in [9.17, 15) is 22.8 Å². The van der Waals surface area contributed by atoms with Crippen molar-refractivity contribution in [2.24, 2.45) is 46.2 Å². The van der Waals surface area contributed by atoms with Crippen LogP contribution in [0.1, 0.15) is 39.5 Å². The van der Waals surface area contributed by atoms with Crippen LogP contribution in [0.5, 0.6) is 0 Å². The molecule has 4 aliphatic rings. The van der Waals surface area contributed by atoms with E-state index in [1.807, 2.05) is 31.5 Å². The van der Waals surface area contributed by atoms with Crippen LogP contribution in [0.4, 0.5) is 0 Å². The van der Waals surface area contributed by atoms with Crippen molar-refractivity contribution in [3.63, 3.8) is 0 Å². The molecule has 0 heterocycles. The SMILES string of the molecule is CC1(C)C2CCC1(CS(=O)(=O)ONC(=O)C1C3C=CC(C3)C1C(N)=O)C(=O)C2. The first kappa shape index (κ1) is 19.6. The number of primary amides is 1. The molecule has 2 amide bonds. The number of nitrogens with one attached hydrogen (secondary N) is 1. The molecule has 0 aromatic heterocycles. The Bertz CT molecular complexity index is 879. The van der Waals surface area contributed by atoms with E-state index in [4.69, 9.17) is 10.0 Å². The van der Waals surface area contributed by atoms with Gasteiger partial charge >= 0.3 is 0 Å². The number of Topliss-reactive ketones (excluding diaryl/α,β-unsaturated/α-hetero) is 1. The van der Waals surface area contributed by atoms with Crippen LogP contribution in [-0.2, 0) is 28.8 Å². The lowest BCUT2D eigenvalue weighted by molar-refractivity contribution is -0.138. The lowest BCUT2D eigenvalue weighted by Gasteiger charge is -2.35. The smallest absolute Gasteiger partial charge is 0.288 e. The molecule has 4 rings (SSSR count). The molecule has 8 nitrogen and oxygen atoms in total. The summed E-state index contributed by atoms with van der Waals surface area (Å²) in [5, 5.41) is 0. The largest absolute Gasteiger partial charge is 0.369 e. The Morgan fingerprint density at radius 2 is 1.89 bits per heavy atom. The third-order valence-corrected chi connectivity index (χ3v) is 9.11. The number of amides is 2. The second kappa shape index (κ2) is 6.13. The molecule has 9 heteroatoms. The molecule has 0 aromatic carbocycles. The molecule has 3 fully saturated rings. The summed E-state index contributed by atoms with van der Waals surface area (Å²) in [6.45, 7) is 3.87. The average molecular weight is 410 g/mol. The standard InChI is InChI=1S/C19H26N2O6S/c1-18(2)12-5-6-19(18,13(22)8-12)9-28(25,26)27-21-17(24)15-11-4-3-10(7-11)14(15)16(20)23/h3-4,10-12,14-15H,5-9H2,1-2H3,(H2,20,23)(H,21,24). The predicted molar refractivity (Wildman–Crippen MR) is 98.5 cm³/mol. The van der Waals surface area contributed by atoms with Gasteiger partial charge in [-0.15, -0.1) is 4.28 Å². The minimum atomic E-state index is -4.18. The zero-order valence-corrected chi connectivity index (χ0v) is 16.8. The van der Waals surface area contributed by atoms with Crippen molar-refractivity contribution in [1.29, 1.82) is 0 Å². The van der Waals surface area contributed by atoms with E-state index in [1.54, 1.807) is 0 Å². The number of rotatable bonds is 6. The Hall–Kier alpha value is -1.74. The average Bonchev–Trinajstić information content (AvgIpc) is 3.30. The van der Waals surface area contributed by atoms with Crippen molar-refractivity contribution in [3.8, 4) is 0 Å². The number of ketones is 1.